The lowest BCUT2D eigenvalue weighted by Gasteiger charge is -2.51. The third kappa shape index (κ3) is 3.98. The highest BCUT2D eigenvalue weighted by Gasteiger charge is 2.40. The number of hydrogen-bond donors (Lipinski definition) is 0. The molecule has 0 aromatic carbocycles. The number of nitrogens with zero attached hydrogens (tertiary/aromatic N) is 2. The third-order valence-corrected chi connectivity index (χ3v) is 5.69. The molecule has 118 valence electrons. The lowest BCUT2D eigenvalue weighted by molar-refractivity contribution is -0.0104. The van der Waals surface area contributed by atoms with Gasteiger partial charge in [-0.15, -0.1) is 0 Å². The van der Waals surface area contributed by atoms with E-state index in [1.807, 2.05) is 0 Å². The van der Waals surface area contributed by atoms with Crippen LogP contribution in [0.2, 0.25) is 0 Å². The van der Waals surface area contributed by atoms with Crippen molar-refractivity contribution >= 4 is 0 Å². The van der Waals surface area contributed by atoms with E-state index in [4.69, 9.17) is 0 Å². The van der Waals surface area contributed by atoms with Gasteiger partial charge in [-0.3, -0.25) is 4.90 Å². The first kappa shape index (κ1) is 16.3. The summed E-state index contributed by atoms with van der Waals surface area (Å²) in [6.07, 6.45) is 6.99. The number of likely N-dealkylation sites (tertiary alicyclic amines) is 2. The highest BCUT2D eigenvalue weighted by molar-refractivity contribution is 4.95. The molecule has 2 aliphatic rings. The van der Waals surface area contributed by atoms with Gasteiger partial charge in [-0.1, -0.05) is 20.8 Å². The van der Waals surface area contributed by atoms with Crippen LogP contribution in [0.25, 0.3) is 0 Å². The van der Waals surface area contributed by atoms with Gasteiger partial charge in [0.15, 0.2) is 0 Å². The molecular weight excluding hydrogens is 244 g/mol. The molecule has 0 aromatic rings. The smallest absolute Gasteiger partial charge is 0.0158 e. The predicted octanol–water partition coefficient (Wildman–Crippen LogP) is 4.01. The van der Waals surface area contributed by atoms with E-state index in [-0.39, 0.29) is 0 Å². The zero-order chi connectivity index (χ0) is 15.0. The molecule has 2 nitrogen and oxygen atoms in total. The standard InChI is InChI=1S/C18H36N2/c1-16(2,3)15-17(4,5)20-13-9-18(10-14-20)7-11-19(6)12-8-18/h7-15H2,1-6H3. The fourth-order valence-electron chi connectivity index (χ4n) is 4.59. The minimum Gasteiger partial charge on any atom is -0.306 e. The van der Waals surface area contributed by atoms with E-state index in [2.05, 4.69) is 51.5 Å². The summed E-state index contributed by atoms with van der Waals surface area (Å²) in [5, 5.41) is 0. The maximum atomic E-state index is 2.77. The quantitative estimate of drug-likeness (QED) is 0.754. The largest absolute Gasteiger partial charge is 0.306 e. The highest BCUT2D eigenvalue weighted by Crippen LogP contribution is 2.43. The molecule has 0 saturated carbocycles. The SMILES string of the molecule is CN1CCC2(CC1)CCN(C(C)(C)CC(C)(C)C)CC2. The molecule has 0 N–H and O–H groups in total. The van der Waals surface area contributed by atoms with Crippen LogP contribution in [0.5, 0.6) is 0 Å². The fraction of sp³-hybridized carbons (Fsp3) is 1.00. The van der Waals surface area contributed by atoms with Crippen molar-refractivity contribution in [3.8, 4) is 0 Å². The number of hydrogen-bond acceptors (Lipinski definition) is 2. The Hall–Kier alpha value is -0.0800. The number of rotatable bonds is 2. The molecule has 0 unspecified atom stereocenters. The van der Waals surface area contributed by atoms with E-state index in [0.29, 0.717) is 16.4 Å². The molecular formula is C18H36N2. The zero-order valence-electron chi connectivity index (χ0n) is 14.8. The van der Waals surface area contributed by atoms with E-state index in [0.717, 1.165) is 0 Å². The van der Waals surface area contributed by atoms with Crippen LogP contribution in [0.3, 0.4) is 0 Å². The van der Waals surface area contributed by atoms with Crippen LogP contribution in [0.15, 0.2) is 0 Å². The Kier molecular flexibility index (Phi) is 4.57. The Labute approximate surface area is 126 Å². The molecule has 0 atom stereocenters. The second-order valence-corrected chi connectivity index (χ2v) is 9.34. The van der Waals surface area contributed by atoms with Crippen molar-refractivity contribution < 1.29 is 0 Å². The summed E-state index contributed by atoms with van der Waals surface area (Å²) >= 11 is 0. The maximum Gasteiger partial charge on any atom is 0.0158 e. The minimum absolute atomic E-state index is 0.352. The van der Waals surface area contributed by atoms with Gasteiger partial charge in [0.05, 0.1) is 0 Å². The molecule has 0 radical (unpaired) electrons. The third-order valence-electron chi connectivity index (χ3n) is 5.69. The van der Waals surface area contributed by atoms with Crippen molar-refractivity contribution in [3.05, 3.63) is 0 Å². The first-order chi connectivity index (χ1) is 9.12. The fourth-order valence-corrected chi connectivity index (χ4v) is 4.59. The predicted molar refractivity (Wildman–Crippen MR) is 88.1 cm³/mol. The van der Waals surface area contributed by atoms with Gasteiger partial charge in [-0.05, 0) is 90.0 Å². The molecule has 20 heavy (non-hydrogen) atoms. The lowest BCUT2D eigenvalue weighted by atomic mass is 9.70. The molecule has 0 amide bonds. The van der Waals surface area contributed by atoms with Crippen LogP contribution in [-0.2, 0) is 0 Å². The monoisotopic (exact) mass is 280 g/mol. The van der Waals surface area contributed by atoms with E-state index in [1.165, 1.54) is 58.3 Å². The Morgan fingerprint density at radius 1 is 0.800 bits per heavy atom. The normalized spacial score (nSPS) is 26.1. The Bertz CT molecular complexity index is 309. The average molecular weight is 281 g/mol. The zero-order valence-corrected chi connectivity index (χ0v) is 14.8. The van der Waals surface area contributed by atoms with Gasteiger partial charge in [0.1, 0.15) is 0 Å². The van der Waals surface area contributed by atoms with Crippen LogP contribution in [0.1, 0.15) is 66.7 Å². The van der Waals surface area contributed by atoms with Crippen LogP contribution in [0.4, 0.5) is 0 Å². The molecule has 2 heterocycles. The molecule has 2 aliphatic heterocycles. The minimum atomic E-state index is 0.352. The summed E-state index contributed by atoms with van der Waals surface area (Å²) in [6.45, 7) is 17.3. The highest BCUT2D eigenvalue weighted by atomic mass is 15.2. The molecule has 0 aromatic heterocycles. The van der Waals surface area contributed by atoms with Gasteiger partial charge in [0.2, 0.25) is 0 Å². The van der Waals surface area contributed by atoms with Gasteiger partial charge in [0, 0.05) is 5.54 Å². The van der Waals surface area contributed by atoms with Crippen molar-refractivity contribution in [2.75, 3.05) is 33.2 Å². The second-order valence-electron chi connectivity index (χ2n) is 9.34. The van der Waals surface area contributed by atoms with E-state index in [9.17, 15) is 0 Å². The molecule has 2 saturated heterocycles. The van der Waals surface area contributed by atoms with Gasteiger partial charge < -0.3 is 4.90 Å². The van der Waals surface area contributed by atoms with Crippen molar-refractivity contribution in [2.24, 2.45) is 10.8 Å². The summed E-state index contributed by atoms with van der Waals surface area (Å²) in [6, 6.07) is 0. The first-order valence-corrected chi connectivity index (χ1v) is 8.56. The van der Waals surface area contributed by atoms with Gasteiger partial charge >= 0.3 is 0 Å². The molecule has 2 rings (SSSR count). The Balaban J connectivity index is 1.90. The molecule has 2 fully saturated rings. The molecule has 2 heteroatoms. The molecule has 1 spiro atoms. The Morgan fingerprint density at radius 3 is 1.70 bits per heavy atom. The van der Waals surface area contributed by atoms with Crippen LogP contribution < -0.4 is 0 Å². The van der Waals surface area contributed by atoms with Crippen LogP contribution in [-0.4, -0.2) is 48.6 Å². The summed E-state index contributed by atoms with van der Waals surface area (Å²) in [5.74, 6) is 0. The first-order valence-electron chi connectivity index (χ1n) is 8.56. The molecule has 0 aliphatic carbocycles. The van der Waals surface area contributed by atoms with Crippen molar-refractivity contribution in [1.29, 1.82) is 0 Å². The van der Waals surface area contributed by atoms with Crippen LogP contribution in [0, 0.1) is 10.8 Å². The van der Waals surface area contributed by atoms with Crippen molar-refractivity contribution in [3.63, 3.8) is 0 Å². The summed E-state index contributed by atoms with van der Waals surface area (Å²) in [5.41, 5.74) is 1.46. The van der Waals surface area contributed by atoms with Crippen molar-refractivity contribution in [1.82, 2.24) is 9.80 Å². The van der Waals surface area contributed by atoms with Gasteiger partial charge in [0.25, 0.3) is 0 Å². The summed E-state index contributed by atoms with van der Waals surface area (Å²) < 4.78 is 0. The van der Waals surface area contributed by atoms with E-state index >= 15 is 0 Å². The maximum absolute atomic E-state index is 2.77. The Morgan fingerprint density at radius 2 is 1.25 bits per heavy atom. The van der Waals surface area contributed by atoms with Gasteiger partial charge in [-0.2, -0.15) is 0 Å². The van der Waals surface area contributed by atoms with E-state index in [1.54, 1.807) is 0 Å². The summed E-state index contributed by atoms with van der Waals surface area (Å²) in [4.78, 5) is 5.27. The lowest BCUT2D eigenvalue weighted by Crippen LogP contribution is -2.53. The van der Waals surface area contributed by atoms with Crippen molar-refractivity contribution in [2.45, 2.75) is 72.3 Å². The summed E-state index contributed by atoms with van der Waals surface area (Å²) in [7, 11) is 2.27. The van der Waals surface area contributed by atoms with Crippen LogP contribution >= 0.6 is 0 Å². The molecule has 0 bridgehead atoms. The second kappa shape index (κ2) is 5.61. The van der Waals surface area contributed by atoms with E-state index < -0.39 is 0 Å². The average Bonchev–Trinajstić information content (AvgIpc) is 2.31. The topological polar surface area (TPSA) is 6.48 Å². The van der Waals surface area contributed by atoms with Gasteiger partial charge in [-0.25, -0.2) is 0 Å². The number of piperidine rings is 2.